The Balaban J connectivity index is 1.96. The Hall–Kier alpha value is -0.990. The smallest absolute Gasteiger partial charge is 0.335 e. The first-order valence-electron chi connectivity index (χ1n) is 4.98. The van der Waals surface area contributed by atoms with Crippen LogP contribution >= 0.6 is 0 Å². The van der Waals surface area contributed by atoms with Crippen molar-refractivity contribution in [3.63, 3.8) is 0 Å². The zero-order valence-corrected chi connectivity index (χ0v) is 7.79. The molecule has 0 unspecified atom stereocenters. The van der Waals surface area contributed by atoms with Gasteiger partial charge in [0, 0.05) is 25.7 Å². The molecule has 2 fully saturated rings. The quantitative estimate of drug-likeness (QED) is 0.451. The Labute approximate surface area is 78.4 Å². The molecule has 0 aromatic heterocycles. The summed E-state index contributed by atoms with van der Waals surface area (Å²) >= 11 is 0. The van der Waals surface area contributed by atoms with E-state index in [1.807, 2.05) is 6.20 Å². The number of cyclic esters (lactones) is 1. The second kappa shape index (κ2) is 3.81. The number of ether oxygens (including phenoxy) is 1. The Morgan fingerprint density at radius 2 is 2.00 bits per heavy atom. The molecule has 0 spiro atoms. The van der Waals surface area contributed by atoms with Crippen LogP contribution in [0.1, 0.15) is 25.7 Å². The number of likely N-dealkylation sites (tertiary alicyclic amines) is 1. The van der Waals surface area contributed by atoms with E-state index in [9.17, 15) is 4.79 Å². The van der Waals surface area contributed by atoms with Crippen molar-refractivity contribution in [2.45, 2.75) is 25.7 Å². The third kappa shape index (κ3) is 2.02. The van der Waals surface area contributed by atoms with Crippen LogP contribution in [0.3, 0.4) is 0 Å². The standard InChI is InChI=1S/C10H15NO2/c12-10-9(4-7-13-10)8-11-5-2-1-3-6-11/h8H,1-7H2/b9-8+. The Morgan fingerprint density at radius 1 is 1.23 bits per heavy atom. The fraction of sp³-hybridized carbons (Fsp3) is 0.700. The fourth-order valence-electron chi connectivity index (χ4n) is 1.83. The van der Waals surface area contributed by atoms with Gasteiger partial charge < -0.3 is 9.64 Å². The van der Waals surface area contributed by atoms with Crippen molar-refractivity contribution < 1.29 is 9.53 Å². The molecular weight excluding hydrogens is 166 g/mol. The monoisotopic (exact) mass is 181 g/mol. The van der Waals surface area contributed by atoms with Gasteiger partial charge >= 0.3 is 5.97 Å². The lowest BCUT2D eigenvalue weighted by atomic mass is 10.1. The van der Waals surface area contributed by atoms with Crippen molar-refractivity contribution in [1.29, 1.82) is 0 Å². The van der Waals surface area contributed by atoms with E-state index in [0.29, 0.717) is 6.61 Å². The zero-order chi connectivity index (χ0) is 9.10. The Bertz CT molecular complexity index is 229. The van der Waals surface area contributed by atoms with Gasteiger partial charge in [0.05, 0.1) is 12.2 Å². The molecule has 0 saturated carbocycles. The molecule has 0 aromatic carbocycles. The van der Waals surface area contributed by atoms with Gasteiger partial charge in [-0.25, -0.2) is 4.79 Å². The highest BCUT2D eigenvalue weighted by Gasteiger charge is 2.19. The van der Waals surface area contributed by atoms with Crippen LogP contribution in [0.5, 0.6) is 0 Å². The average molecular weight is 181 g/mol. The van der Waals surface area contributed by atoms with E-state index in [0.717, 1.165) is 25.1 Å². The molecule has 0 aromatic rings. The van der Waals surface area contributed by atoms with Gasteiger partial charge in [-0.2, -0.15) is 0 Å². The number of piperidine rings is 1. The molecule has 0 atom stereocenters. The molecule has 2 aliphatic rings. The number of carbonyl (C=O) groups is 1. The van der Waals surface area contributed by atoms with Crippen LogP contribution in [0.4, 0.5) is 0 Å². The van der Waals surface area contributed by atoms with E-state index in [-0.39, 0.29) is 5.97 Å². The van der Waals surface area contributed by atoms with Crippen LogP contribution in [-0.4, -0.2) is 30.6 Å². The molecule has 2 saturated heterocycles. The SMILES string of the molecule is O=C1OCC/C1=C\N1CCCCC1. The molecule has 0 N–H and O–H groups in total. The number of rotatable bonds is 1. The summed E-state index contributed by atoms with van der Waals surface area (Å²) in [7, 11) is 0. The first kappa shape index (κ1) is 8.60. The summed E-state index contributed by atoms with van der Waals surface area (Å²) in [6.07, 6.45) is 6.60. The van der Waals surface area contributed by atoms with Crippen molar-refractivity contribution in [2.24, 2.45) is 0 Å². The molecule has 2 aliphatic heterocycles. The molecule has 13 heavy (non-hydrogen) atoms. The number of hydrogen-bond acceptors (Lipinski definition) is 3. The fourth-order valence-corrected chi connectivity index (χ4v) is 1.83. The number of nitrogens with zero attached hydrogens (tertiary/aromatic N) is 1. The minimum atomic E-state index is -0.120. The van der Waals surface area contributed by atoms with Gasteiger partial charge in [0.15, 0.2) is 0 Å². The van der Waals surface area contributed by atoms with E-state index < -0.39 is 0 Å². The van der Waals surface area contributed by atoms with Crippen LogP contribution in [0, 0.1) is 0 Å². The van der Waals surface area contributed by atoms with Gasteiger partial charge in [-0.1, -0.05) is 0 Å². The third-order valence-corrected chi connectivity index (χ3v) is 2.60. The van der Waals surface area contributed by atoms with Crippen molar-refractivity contribution in [2.75, 3.05) is 19.7 Å². The highest BCUT2D eigenvalue weighted by atomic mass is 16.5. The summed E-state index contributed by atoms with van der Waals surface area (Å²) in [6, 6.07) is 0. The molecule has 3 heteroatoms. The molecule has 0 aliphatic carbocycles. The van der Waals surface area contributed by atoms with Crippen LogP contribution in [0.25, 0.3) is 0 Å². The molecule has 72 valence electrons. The maximum Gasteiger partial charge on any atom is 0.335 e. The molecule has 2 heterocycles. The van der Waals surface area contributed by atoms with Crippen LogP contribution in [0.15, 0.2) is 11.8 Å². The Kier molecular flexibility index (Phi) is 2.52. The lowest BCUT2D eigenvalue weighted by Gasteiger charge is -2.25. The highest BCUT2D eigenvalue weighted by molar-refractivity contribution is 5.90. The summed E-state index contributed by atoms with van der Waals surface area (Å²) in [6.45, 7) is 2.76. The average Bonchev–Trinajstić information content (AvgIpc) is 2.54. The zero-order valence-electron chi connectivity index (χ0n) is 7.79. The predicted molar refractivity (Wildman–Crippen MR) is 49.1 cm³/mol. The maximum absolute atomic E-state index is 11.1. The molecule has 2 rings (SSSR count). The van der Waals surface area contributed by atoms with Gasteiger partial charge in [-0.15, -0.1) is 0 Å². The van der Waals surface area contributed by atoms with Crippen molar-refractivity contribution in [1.82, 2.24) is 4.90 Å². The predicted octanol–water partition coefficient (Wildman–Crippen LogP) is 1.30. The van der Waals surface area contributed by atoms with Gasteiger partial charge in [0.1, 0.15) is 0 Å². The molecule has 0 bridgehead atoms. The second-order valence-electron chi connectivity index (χ2n) is 3.64. The molecule has 0 amide bonds. The summed E-state index contributed by atoms with van der Waals surface area (Å²) in [5, 5.41) is 0. The first-order chi connectivity index (χ1) is 6.36. The van der Waals surface area contributed by atoms with Crippen LogP contribution < -0.4 is 0 Å². The van der Waals surface area contributed by atoms with Crippen LogP contribution in [-0.2, 0) is 9.53 Å². The molecular formula is C10H15NO2. The summed E-state index contributed by atoms with van der Waals surface area (Å²) in [4.78, 5) is 13.4. The topological polar surface area (TPSA) is 29.5 Å². The second-order valence-corrected chi connectivity index (χ2v) is 3.64. The van der Waals surface area contributed by atoms with Crippen LogP contribution in [0.2, 0.25) is 0 Å². The third-order valence-electron chi connectivity index (χ3n) is 2.60. The summed E-state index contributed by atoms with van der Waals surface area (Å²) in [5.41, 5.74) is 0.849. The minimum Gasteiger partial charge on any atom is -0.462 e. The van der Waals surface area contributed by atoms with Crippen molar-refractivity contribution >= 4 is 5.97 Å². The van der Waals surface area contributed by atoms with Gasteiger partial charge in [-0.3, -0.25) is 0 Å². The van der Waals surface area contributed by atoms with Gasteiger partial charge in [-0.05, 0) is 19.3 Å². The lowest BCUT2D eigenvalue weighted by molar-refractivity contribution is -0.135. The Morgan fingerprint density at radius 3 is 2.62 bits per heavy atom. The maximum atomic E-state index is 11.1. The van der Waals surface area contributed by atoms with E-state index in [4.69, 9.17) is 4.74 Å². The van der Waals surface area contributed by atoms with E-state index in [2.05, 4.69) is 4.90 Å². The van der Waals surface area contributed by atoms with E-state index >= 15 is 0 Å². The minimum absolute atomic E-state index is 0.120. The highest BCUT2D eigenvalue weighted by Crippen LogP contribution is 2.16. The first-order valence-corrected chi connectivity index (χ1v) is 4.98. The van der Waals surface area contributed by atoms with E-state index in [1.165, 1.54) is 19.3 Å². The lowest BCUT2D eigenvalue weighted by Crippen LogP contribution is -2.25. The van der Waals surface area contributed by atoms with Gasteiger partial charge in [0.25, 0.3) is 0 Å². The number of carbonyl (C=O) groups excluding carboxylic acids is 1. The van der Waals surface area contributed by atoms with E-state index in [1.54, 1.807) is 0 Å². The molecule has 0 radical (unpaired) electrons. The number of esters is 1. The largest absolute Gasteiger partial charge is 0.462 e. The summed E-state index contributed by atoms with van der Waals surface area (Å²) in [5.74, 6) is -0.120. The van der Waals surface area contributed by atoms with Crippen molar-refractivity contribution in [3.8, 4) is 0 Å². The summed E-state index contributed by atoms with van der Waals surface area (Å²) < 4.78 is 4.87. The van der Waals surface area contributed by atoms with Crippen molar-refractivity contribution in [3.05, 3.63) is 11.8 Å². The van der Waals surface area contributed by atoms with Gasteiger partial charge in [0.2, 0.25) is 0 Å². The molecule has 3 nitrogen and oxygen atoms in total. The number of hydrogen-bond donors (Lipinski definition) is 0. The normalized spacial score (nSPS) is 26.6.